The molecule has 104 valence electrons. The molecule has 2 rings (SSSR count). The number of hydrogen-bond acceptors (Lipinski definition) is 3. The third-order valence-electron chi connectivity index (χ3n) is 2.77. The molecule has 20 heavy (non-hydrogen) atoms. The monoisotopic (exact) mass is 290 g/mol. The number of Topliss-reactive ketones (excluding diaryl/α,β-unsaturated/α-hetero) is 1. The molecule has 0 spiro atoms. The summed E-state index contributed by atoms with van der Waals surface area (Å²) in [4.78, 5) is 12.9. The minimum Gasteiger partial charge on any atom is -0.486 e. The van der Waals surface area contributed by atoms with E-state index in [9.17, 15) is 9.18 Å². The van der Waals surface area contributed by atoms with Gasteiger partial charge in [-0.2, -0.15) is 0 Å². The van der Waals surface area contributed by atoms with Gasteiger partial charge in [-0.15, -0.1) is 11.8 Å². The summed E-state index contributed by atoms with van der Waals surface area (Å²) in [5.41, 5.74) is 0.790. The maximum atomic E-state index is 12.7. The first kappa shape index (κ1) is 14.6. The van der Waals surface area contributed by atoms with Crippen molar-refractivity contribution in [3.8, 4) is 5.75 Å². The second kappa shape index (κ2) is 7.10. The van der Waals surface area contributed by atoms with Crippen molar-refractivity contribution in [2.24, 2.45) is 0 Å². The summed E-state index contributed by atoms with van der Waals surface area (Å²) in [7, 11) is 0. The highest BCUT2D eigenvalue weighted by Gasteiger charge is 2.05. The molecule has 0 N–H and O–H groups in total. The van der Waals surface area contributed by atoms with E-state index in [1.165, 1.54) is 12.1 Å². The first-order valence-electron chi connectivity index (χ1n) is 6.20. The zero-order chi connectivity index (χ0) is 14.4. The second-order valence-electron chi connectivity index (χ2n) is 4.31. The maximum Gasteiger partial charge on any atom is 0.174 e. The summed E-state index contributed by atoms with van der Waals surface area (Å²) < 4.78 is 18.2. The van der Waals surface area contributed by atoms with Gasteiger partial charge in [-0.25, -0.2) is 4.39 Å². The largest absolute Gasteiger partial charge is 0.486 e. The van der Waals surface area contributed by atoms with Gasteiger partial charge in [0.25, 0.3) is 0 Å². The Bertz CT molecular complexity index is 564. The van der Waals surface area contributed by atoms with Crippen molar-refractivity contribution in [1.82, 2.24) is 0 Å². The molecule has 0 bridgehead atoms. The Labute approximate surface area is 122 Å². The van der Waals surface area contributed by atoms with E-state index in [2.05, 4.69) is 0 Å². The minimum absolute atomic E-state index is 0.0238. The van der Waals surface area contributed by atoms with Crippen molar-refractivity contribution in [2.75, 3.05) is 12.9 Å². The fourth-order valence-electron chi connectivity index (χ4n) is 1.72. The fourth-order valence-corrected chi connectivity index (χ4v) is 2.12. The normalized spacial score (nSPS) is 10.3. The molecule has 0 saturated heterocycles. The van der Waals surface area contributed by atoms with Crippen LogP contribution in [-0.2, 0) is 11.2 Å². The van der Waals surface area contributed by atoms with E-state index in [4.69, 9.17) is 4.74 Å². The molecule has 0 amide bonds. The van der Waals surface area contributed by atoms with Crippen LogP contribution in [0.2, 0.25) is 0 Å². The number of ketones is 1. The van der Waals surface area contributed by atoms with Crippen molar-refractivity contribution in [1.29, 1.82) is 0 Å². The predicted octanol–water partition coefficient (Wildman–Crippen LogP) is 3.74. The average Bonchev–Trinajstić information content (AvgIpc) is 2.48. The van der Waals surface area contributed by atoms with Crippen LogP contribution in [0, 0.1) is 5.82 Å². The van der Waals surface area contributed by atoms with Crippen LogP contribution < -0.4 is 4.74 Å². The van der Waals surface area contributed by atoms with Crippen LogP contribution in [0.5, 0.6) is 5.75 Å². The third-order valence-corrected chi connectivity index (χ3v) is 3.52. The number of rotatable bonds is 6. The Kier molecular flexibility index (Phi) is 5.18. The average molecular weight is 290 g/mol. The van der Waals surface area contributed by atoms with Gasteiger partial charge in [-0.1, -0.05) is 12.1 Å². The molecule has 2 aromatic carbocycles. The standard InChI is InChI=1S/C16H15FO2S/c1-20-16-8-6-15(7-9-16)19-11-14(18)10-12-2-4-13(17)5-3-12/h2-9H,10-11H2,1H3. The zero-order valence-electron chi connectivity index (χ0n) is 11.1. The first-order valence-corrected chi connectivity index (χ1v) is 7.43. The predicted molar refractivity (Wildman–Crippen MR) is 78.8 cm³/mol. The summed E-state index contributed by atoms with van der Waals surface area (Å²) >= 11 is 1.65. The van der Waals surface area contributed by atoms with E-state index in [1.54, 1.807) is 23.9 Å². The van der Waals surface area contributed by atoms with Gasteiger partial charge < -0.3 is 4.74 Å². The first-order chi connectivity index (χ1) is 9.67. The lowest BCUT2D eigenvalue weighted by Gasteiger charge is -2.06. The molecule has 4 heteroatoms. The summed E-state index contributed by atoms with van der Waals surface area (Å²) in [5, 5.41) is 0. The summed E-state index contributed by atoms with van der Waals surface area (Å²) in [6.07, 6.45) is 2.26. The Morgan fingerprint density at radius 2 is 1.75 bits per heavy atom. The molecule has 2 nitrogen and oxygen atoms in total. The maximum absolute atomic E-state index is 12.7. The van der Waals surface area contributed by atoms with Crippen LogP contribution in [0.25, 0.3) is 0 Å². The molecular weight excluding hydrogens is 275 g/mol. The SMILES string of the molecule is CSc1ccc(OCC(=O)Cc2ccc(F)cc2)cc1. The number of ether oxygens (including phenoxy) is 1. The topological polar surface area (TPSA) is 26.3 Å². The van der Waals surface area contributed by atoms with Crippen molar-refractivity contribution >= 4 is 17.5 Å². The van der Waals surface area contributed by atoms with Gasteiger partial charge in [0.1, 0.15) is 18.2 Å². The smallest absolute Gasteiger partial charge is 0.174 e. The number of carbonyl (C=O) groups excluding carboxylic acids is 1. The zero-order valence-corrected chi connectivity index (χ0v) is 12.0. The highest BCUT2D eigenvalue weighted by atomic mass is 32.2. The minimum atomic E-state index is -0.300. The quantitative estimate of drug-likeness (QED) is 0.758. The summed E-state index contributed by atoms with van der Waals surface area (Å²) in [6.45, 7) is 0.0238. The lowest BCUT2D eigenvalue weighted by Crippen LogP contribution is -2.13. The van der Waals surface area contributed by atoms with Crippen molar-refractivity contribution in [3.63, 3.8) is 0 Å². The van der Waals surface area contributed by atoms with Gasteiger partial charge in [0.15, 0.2) is 5.78 Å². The third kappa shape index (κ3) is 4.38. The van der Waals surface area contributed by atoms with E-state index < -0.39 is 0 Å². The molecule has 2 aromatic rings. The highest BCUT2D eigenvalue weighted by molar-refractivity contribution is 7.98. The van der Waals surface area contributed by atoms with Gasteiger partial charge in [0.05, 0.1) is 0 Å². The van der Waals surface area contributed by atoms with Gasteiger partial charge in [0, 0.05) is 11.3 Å². The van der Waals surface area contributed by atoms with E-state index in [0.29, 0.717) is 5.75 Å². The molecule has 0 aliphatic heterocycles. The van der Waals surface area contributed by atoms with Crippen molar-refractivity contribution in [2.45, 2.75) is 11.3 Å². The second-order valence-corrected chi connectivity index (χ2v) is 5.19. The van der Waals surface area contributed by atoms with Crippen LogP contribution in [-0.4, -0.2) is 18.6 Å². The van der Waals surface area contributed by atoms with Gasteiger partial charge in [0.2, 0.25) is 0 Å². The van der Waals surface area contributed by atoms with Crippen LogP contribution in [0.4, 0.5) is 4.39 Å². The number of hydrogen-bond donors (Lipinski definition) is 0. The number of carbonyl (C=O) groups is 1. The molecule has 0 atom stereocenters. The van der Waals surface area contributed by atoms with Gasteiger partial charge in [-0.3, -0.25) is 4.79 Å². The van der Waals surface area contributed by atoms with Gasteiger partial charge in [-0.05, 0) is 48.2 Å². The molecule has 0 saturated carbocycles. The van der Waals surface area contributed by atoms with Gasteiger partial charge >= 0.3 is 0 Å². The fraction of sp³-hybridized carbons (Fsp3) is 0.188. The lowest BCUT2D eigenvalue weighted by atomic mass is 10.1. The van der Waals surface area contributed by atoms with E-state index in [0.717, 1.165) is 10.5 Å². The number of thioether (sulfide) groups is 1. The lowest BCUT2D eigenvalue weighted by molar-refractivity contribution is -0.120. The van der Waals surface area contributed by atoms with Crippen molar-refractivity contribution < 1.29 is 13.9 Å². The Morgan fingerprint density at radius 3 is 2.35 bits per heavy atom. The Morgan fingerprint density at radius 1 is 1.10 bits per heavy atom. The summed E-state index contributed by atoms with van der Waals surface area (Å²) in [5.74, 6) is 0.340. The molecule has 0 aliphatic rings. The molecule has 0 fully saturated rings. The molecule has 0 heterocycles. The van der Waals surface area contributed by atoms with Crippen LogP contribution in [0.1, 0.15) is 5.56 Å². The van der Waals surface area contributed by atoms with E-state index in [-0.39, 0.29) is 24.6 Å². The van der Waals surface area contributed by atoms with Crippen LogP contribution in [0.15, 0.2) is 53.4 Å². The Balaban J connectivity index is 1.83. The molecule has 0 aliphatic carbocycles. The number of benzene rings is 2. The van der Waals surface area contributed by atoms with Crippen molar-refractivity contribution in [3.05, 3.63) is 59.9 Å². The molecule has 0 unspecified atom stereocenters. The highest BCUT2D eigenvalue weighted by Crippen LogP contribution is 2.18. The molecular formula is C16H15FO2S. The van der Waals surface area contributed by atoms with Crippen LogP contribution in [0.3, 0.4) is 0 Å². The van der Waals surface area contributed by atoms with Crippen LogP contribution >= 0.6 is 11.8 Å². The summed E-state index contributed by atoms with van der Waals surface area (Å²) in [6, 6.07) is 13.5. The molecule has 0 radical (unpaired) electrons. The van der Waals surface area contributed by atoms with E-state index >= 15 is 0 Å². The van der Waals surface area contributed by atoms with E-state index in [1.807, 2.05) is 30.5 Å². The Hall–Kier alpha value is -1.81. The number of halogens is 1. The molecule has 0 aromatic heterocycles.